The standard InChI is InChI=1S/C15H22O2/c1-10(2)12(5)15(16)13-8-6-7-9-14(13)17-11(3)4/h6-12H,1-5H3. The molecule has 1 aromatic carbocycles. The number of hydrogen-bond donors (Lipinski definition) is 0. The first-order valence-corrected chi connectivity index (χ1v) is 6.23. The highest BCUT2D eigenvalue weighted by molar-refractivity contribution is 6.00. The third-order valence-corrected chi connectivity index (χ3v) is 2.93. The van der Waals surface area contributed by atoms with Crippen LogP contribution >= 0.6 is 0 Å². The summed E-state index contributed by atoms with van der Waals surface area (Å²) < 4.78 is 5.68. The molecular weight excluding hydrogens is 212 g/mol. The summed E-state index contributed by atoms with van der Waals surface area (Å²) in [5.74, 6) is 1.22. The number of Topliss-reactive ketones (excluding diaryl/α,β-unsaturated/α-hetero) is 1. The Kier molecular flexibility index (Phi) is 4.73. The zero-order chi connectivity index (χ0) is 13.0. The first kappa shape index (κ1) is 13.8. The van der Waals surface area contributed by atoms with Crippen LogP contribution in [0.5, 0.6) is 5.75 Å². The fraction of sp³-hybridized carbons (Fsp3) is 0.533. The molecule has 0 spiro atoms. The Balaban J connectivity index is 3.00. The maximum atomic E-state index is 12.3. The van der Waals surface area contributed by atoms with Crippen LogP contribution in [0.3, 0.4) is 0 Å². The van der Waals surface area contributed by atoms with E-state index in [-0.39, 0.29) is 17.8 Å². The molecule has 1 rings (SSSR count). The molecule has 0 saturated heterocycles. The van der Waals surface area contributed by atoms with E-state index in [2.05, 4.69) is 13.8 Å². The molecule has 0 fully saturated rings. The van der Waals surface area contributed by atoms with Crippen LogP contribution < -0.4 is 4.74 Å². The molecule has 1 unspecified atom stereocenters. The van der Waals surface area contributed by atoms with Gasteiger partial charge in [-0.15, -0.1) is 0 Å². The molecule has 0 heterocycles. The van der Waals surface area contributed by atoms with Crippen molar-refractivity contribution >= 4 is 5.78 Å². The highest BCUT2D eigenvalue weighted by atomic mass is 16.5. The van der Waals surface area contributed by atoms with Crippen molar-refractivity contribution in [3.8, 4) is 5.75 Å². The van der Waals surface area contributed by atoms with Crippen LogP contribution in [-0.4, -0.2) is 11.9 Å². The number of carbonyl (C=O) groups is 1. The monoisotopic (exact) mass is 234 g/mol. The maximum absolute atomic E-state index is 12.3. The van der Waals surface area contributed by atoms with Gasteiger partial charge in [0.15, 0.2) is 5.78 Å². The van der Waals surface area contributed by atoms with Crippen molar-refractivity contribution < 1.29 is 9.53 Å². The molecule has 0 bridgehead atoms. The van der Waals surface area contributed by atoms with E-state index in [0.29, 0.717) is 17.2 Å². The predicted molar refractivity (Wildman–Crippen MR) is 70.5 cm³/mol. The predicted octanol–water partition coefficient (Wildman–Crippen LogP) is 3.95. The summed E-state index contributed by atoms with van der Waals surface area (Å²) in [6.07, 6.45) is 0.0818. The van der Waals surface area contributed by atoms with Crippen molar-refractivity contribution in [2.24, 2.45) is 11.8 Å². The number of hydrogen-bond acceptors (Lipinski definition) is 2. The van der Waals surface area contributed by atoms with Gasteiger partial charge in [-0.2, -0.15) is 0 Å². The van der Waals surface area contributed by atoms with Crippen molar-refractivity contribution in [2.75, 3.05) is 0 Å². The fourth-order valence-corrected chi connectivity index (χ4v) is 1.57. The first-order chi connectivity index (χ1) is 7.93. The van der Waals surface area contributed by atoms with Gasteiger partial charge in [0, 0.05) is 5.92 Å². The summed E-state index contributed by atoms with van der Waals surface area (Å²) in [5.41, 5.74) is 0.697. The van der Waals surface area contributed by atoms with E-state index in [1.165, 1.54) is 0 Å². The summed E-state index contributed by atoms with van der Waals surface area (Å²) in [4.78, 5) is 12.3. The first-order valence-electron chi connectivity index (χ1n) is 6.23. The van der Waals surface area contributed by atoms with Crippen molar-refractivity contribution in [1.82, 2.24) is 0 Å². The topological polar surface area (TPSA) is 26.3 Å². The molecular formula is C15H22O2. The number of para-hydroxylation sites is 1. The van der Waals surface area contributed by atoms with Crippen LogP contribution in [0.4, 0.5) is 0 Å². The van der Waals surface area contributed by atoms with Gasteiger partial charge < -0.3 is 4.74 Å². The van der Waals surface area contributed by atoms with Gasteiger partial charge in [-0.3, -0.25) is 4.79 Å². The molecule has 0 aliphatic rings. The van der Waals surface area contributed by atoms with Gasteiger partial charge in [0.05, 0.1) is 11.7 Å². The second-order valence-electron chi connectivity index (χ2n) is 5.06. The molecule has 2 nitrogen and oxygen atoms in total. The Hall–Kier alpha value is -1.31. The summed E-state index contributed by atoms with van der Waals surface area (Å²) in [7, 11) is 0. The van der Waals surface area contributed by atoms with E-state index < -0.39 is 0 Å². The minimum Gasteiger partial charge on any atom is -0.490 e. The minimum absolute atomic E-state index is 0.0203. The zero-order valence-electron chi connectivity index (χ0n) is 11.4. The highest BCUT2D eigenvalue weighted by Gasteiger charge is 2.21. The average molecular weight is 234 g/mol. The molecule has 0 saturated carbocycles. The van der Waals surface area contributed by atoms with Crippen molar-refractivity contribution in [3.63, 3.8) is 0 Å². The van der Waals surface area contributed by atoms with Crippen molar-refractivity contribution in [1.29, 1.82) is 0 Å². The quantitative estimate of drug-likeness (QED) is 0.721. The molecule has 0 aliphatic heterocycles. The second kappa shape index (κ2) is 5.85. The third-order valence-electron chi connectivity index (χ3n) is 2.93. The fourth-order valence-electron chi connectivity index (χ4n) is 1.57. The van der Waals surface area contributed by atoms with Gasteiger partial charge in [0.1, 0.15) is 5.75 Å². The summed E-state index contributed by atoms with van der Waals surface area (Å²) in [6, 6.07) is 7.49. The Bertz CT molecular complexity index is 380. The van der Waals surface area contributed by atoms with Gasteiger partial charge in [-0.25, -0.2) is 0 Å². The summed E-state index contributed by atoms with van der Waals surface area (Å²) >= 11 is 0. The largest absolute Gasteiger partial charge is 0.490 e. The Labute approximate surface area is 104 Å². The number of carbonyl (C=O) groups excluding carboxylic acids is 1. The Morgan fingerprint density at radius 1 is 1.06 bits per heavy atom. The van der Waals surface area contributed by atoms with E-state index in [1.807, 2.05) is 45.0 Å². The summed E-state index contributed by atoms with van der Waals surface area (Å²) in [6.45, 7) is 10.0. The van der Waals surface area contributed by atoms with Crippen LogP contribution in [-0.2, 0) is 0 Å². The van der Waals surface area contributed by atoms with E-state index in [4.69, 9.17) is 4.74 Å². The molecule has 94 valence electrons. The molecule has 0 aliphatic carbocycles. The van der Waals surface area contributed by atoms with Crippen LogP contribution in [0.25, 0.3) is 0 Å². The molecule has 0 aromatic heterocycles. The van der Waals surface area contributed by atoms with E-state index in [0.717, 1.165) is 0 Å². The normalized spacial score (nSPS) is 12.9. The molecule has 0 amide bonds. The van der Waals surface area contributed by atoms with Crippen molar-refractivity contribution in [2.45, 2.75) is 40.7 Å². The minimum atomic E-state index is 0.0203. The molecule has 1 atom stereocenters. The van der Waals surface area contributed by atoms with Crippen LogP contribution in [0, 0.1) is 11.8 Å². The van der Waals surface area contributed by atoms with Gasteiger partial charge in [0.2, 0.25) is 0 Å². The smallest absolute Gasteiger partial charge is 0.169 e. The zero-order valence-corrected chi connectivity index (χ0v) is 11.4. The Morgan fingerprint density at radius 2 is 1.65 bits per heavy atom. The lowest BCUT2D eigenvalue weighted by Crippen LogP contribution is -2.19. The van der Waals surface area contributed by atoms with Gasteiger partial charge in [0.25, 0.3) is 0 Å². The van der Waals surface area contributed by atoms with Gasteiger partial charge in [-0.05, 0) is 31.9 Å². The number of rotatable bonds is 5. The summed E-state index contributed by atoms with van der Waals surface area (Å²) in [5, 5.41) is 0. The maximum Gasteiger partial charge on any atom is 0.169 e. The lowest BCUT2D eigenvalue weighted by atomic mass is 9.89. The SMILES string of the molecule is CC(C)Oc1ccccc1C(=O)C(C)C(C)C. The van der Waals surface area contributed by atoms with E-state index >= 15 is 0 Å². The van der Waals surface area contributed by atoms with Crippen LogP contribution in [0.2, 0.25) is 0 Å². The molecule has 0 N–H and O–H groups in total. The third kappa shape index (κ3) is 3.58. The highest BCUT2D eigenvalue weighted by Crippen LogP contribution is 2.25. The molecule has 0 radical (unpaired) electrons. The molecule has 1 aromatic rings. The van der Waals surface area contributed by atoms with Gasteiger partial charge >= 0.3 is 0 Å². The van der Waals surface area contributed by atoms with Crippen molar-refractivity contribution in [3.05, 3.63) is 29.8 Å². The lowest BCUT2D eigenvalue weighted by Gasteiger charge is -2.18. The van der Waals surface area contributed by atoms with Crippen LogP contribution in [0.1, 0.15) is 45.0 Å². The number of benzene rings is 1. The molecule has 17 heavy (non-hydrogen) atoms. The van der Waals surface area contributed by atoms with E-state index in [9.17, 15) is 4.79 Å². The lowest BCUT2D eigenvalue weighted by molar-refractivity contribution is 0.0894. The van der Waals surface area contributed by atoms with Gasteiger partial charge in [-0.1, -0.05) is 32.9 Å². The second-order valence-corrected chi connectivity index (χ2v) is 5.06. The number of ether oxygens (including phenoxy) is 1. The molecule has 2 heteroatoms. The Morgan fingerprint density at radius 3 is 2.18 bits per heavy atom. The van der Waals surface area contributed by atoms with Crippen LogP contribution in [0.15, 0.2) is 24.3 Å². The average Bonchev–Trinajstić information content (AvgIpc) is 2.27. The number of ketones is 1. The van der Waals surface area contributed by atoms with E-state index in [1.54, 1.807) is 0 Å².